The minimum absolute atomic E-state index is 0.616. The summed E-state index contributed by atoms with van der Waals surface area (Å²) >= 11 is 0. The van der Waals surface area contributed by atoms with Gasteiger partial charge < -0.3 is 14.2 Å². The van der Waals surface area contributed by atoms with E-state index in [9.17, 15) is 9.59 Å². The SMILES string of the molecule is C=CC(=O)OC1OOC1(C)OC(=O)OC(C)(C)CC. The number of rotatable bonds is 5. The molecule has 0 aromatic heterocycles. The lowest BCUT2D eigenvalue weighted by atomic mass is 10.1. The number of carbonyl (C=O) groups is 2. The van der Waals surface area contributed by atoms with Gasteiger partial charge in [0, 0.05) is 13.0 Å². The Labute approximate surface area is 111 Å². The van der Waals surface area contributed by atoms with E-state index in [-0.39, 0.29) is 0 Å². The summed E-state index contributed by atoms with van der Waals surface area (Å²) in [7, 11) is 0. The van der Waals surface area contributed by atoms with Gasteiger partial charge in [0.25, 0.3) is 0 Å². The van der Waals surface area contributed by atoms with Crippen LogP contribution in [0.25, 0.3) is 0 Å². The highest BCUT2D eigenvalue weighted by molar-refractivity contribution is 5.81. The van der Waals surface area contributed by atoms with Gasteiger partial charge in [-0.15, -0.1) is 0 Å². The van der Waals surface area contributed by atoms with Crippen LogP contribution in [0.4, 0.5) is 4.79 Å². The lowest BCUT2D eigenvalue weighted by molar-refractivity contribution is -0.595. The summed E-state index contributed by atoms with van der Waals surface area (Å²) < 4.78 is 14.8. The fraction of sp³-hybridized carbons (Fsp3) is 0.667. The highest BCUT2D eigenvalue weighted by Gasteiger charge is 2.55. The molecule has 0 bridgehead atoms. The molecule has 7 nitrogen and oxygen atoms in total. The minimum Gasteiger partial charge on any atom is -0.428 e. The highest BCUT2D eigenvalue weighted by Crippen LogP contribution is 2.33. The van der Waals surface area contributed by atoms with Crippen LogP contribution in [-0.4, -0.2) is 29.8 Å². The lowest BCUT2D eigenvalue weighted by Crippen LogP contribution is -2.59. The second-order valence-corrected chi connectivity index (χ2v) is 4.74. The van der Waals surface area contributed by atoms with Crippen molar-refractivity contribution >= 4 is 12.1 Å². The maximum absolute atomic E-state index is 11.6. The maximum Gasteiger partial charge on any atom is 0.511 e. The summed E-state index contributed by atoms with van der Waals surface area (Å²) in [6.07, 6.45) is -0.515. The van der Waals surface area contributed by atoms with Gasteiger partial charge in [0.15, 0.2) is 0 Å². The quantitative estimate of drug-likeness (QED) is 0.431. The lowest BCUT2D eigenvalue weighted by Gasteiger charge is -2.41. The zero-order valence-electron chi connectivity index (χ0n) is 11.4. The Bertz CT molecular complexity index is 376. The van der Waals surface area contributed by atoms with Crippen LogP contribution >= 0.6 is 0 Å². The molecule has 2 unspecified atom stereocenters. The van der Waals surface area contributed by atoms with Crippen molar-refractivity contribution in [2.45, 2.75) is 51.8 Å². The first-order valence-electron chi connectivity index (χ1n) is 5.82. The van der Waals surface area contributed by atoms with Gasteiger partial charge in [0.05, 0.1) is 0 Å². The Hall–Kier alpha value is -1.60. The molecule has 19 heavy (non-hydrogen) atoms. The molecular formula is C12H18O7. The number of esters is 1. The number of carbonyl (C=O) groups excluding carboxylic acids is 2. The van der Waals surface area contributed by atoms with Crippen molar-refractivity contribution < 1.29 is 33.6 Å². The van der Waals surface area contributed by atoms with Gasteiger partial charge in [-0.1, -0.05) is 13.5 Å². The van der Waals surface area contributed by atoms with Crippen molar-refractivity contribution in [3.63, 3.8) is 0 Å². The van der Waals surface area contributed by atoms with Crippen molar-refractivity contribution in [1.82, 2.24) is 0 Å². The topological polar surface area (TPSA) is 80.3 Å². The average Bonchev–Trinajstić information content (AvgIpc) is 2.33. The fourth-order valence-electron chi connectivity index (χ4n) is 1.05. The summed E-state index contributed by atoms with van der Waals surface area (Å²) in [4.78, 5) is 31.8. The number of ether oxygens (including phenoxy) is 3. The first-order valence-corrected chi connectivity index (χ1v) is 5.82. The van der Waals surface area contributed by atoms with Crippen LogP contribution in [0.3, 0.4) is 0 Å². The Morgan fingerprint density at radius 1 is 1.47 bits per heavy atom. The molecule has 1 saturated heterocycles. The van der Waals surface area contributed by atoms with Crippen LogP contribution in [0.5, 0.6) is 0 Å². The number of hydrogen-bond acceptors (Lipinski definition) is 7. The van der Waals surface area contributed by atoms with Crippen molar-refractivity contribution in [1.29, 1.82) is 0 Å². The van der Waals surface area contributed by atoms with Crippen molar-refractivity contribution in [2.24, 2.45) is 0 Å². The third kappa shape index (κ3) is 3.93. The van der Waals surface area contributed by atoms with Crippen molar-refractivity contribution in [3.8, 4) is 0 Å². The van der Waals surface area contributed by atoms with E-state index in [0.29, 0.717) is 6.42 Å². The molecule has 2 atom stereocenters. The van der Waals surface area contributed by atoms with Gasteiger partial charge in [-0.3, -0.25) is 0 Å². The van der Waals surface area contributed by atoms with E-state index in [1.165, 1.54) is 6.92 Å². The number of hydrogen-bond donors (Lipinski definition) is 0. The zero-order chi connectivity index (χ0) is 14.7. The van der Waals surface area contributed by atoms with E-state index in [2.05, 4.69) is 16.4 Å². The van der Waals surface area contributed by atoms with Crippen molar-refractivity contribution in [2.75, 3.05) is 0 Å². The smallest absolute Gasteiger partial charge is 0.428 e. The molecule has 108 valence electrons. The Kier molecular flexibility index (Phi) is 4.54. The predicted molar refractivity (Wildman–Crippen MR) is 62.6 cm³/mol. The largest absolute Gasteiger partial charge is 0.511 e. The summed E-state index contributed by atoms with van der Waals surface area (Å²) in [5, 5.41) is 0. The van der Waals surface area contributed by atoms with Gasteiger partial charge in [0.1, 0.15) is 5.60 Å². The third-order valence-corrected chi connectivity index (χ3v) is 2.62. The Morgan fingerprint density at radius 2 is 2.11 bits per heavy atom. The van der Waals surface area contributed by atoms with E-state index in [1.807, 2.05) is 6.92 Å². The standard InChI is InChI=1S/C12H18O7/c1-6-8(13)15-9-12(5,19-18-9)17-10(14)16-11(3,4)7-2/h6,9H,1,7H2,2-5H3. The van der Waals surface area contributed by atoms with Crippen LogP contribution in [0.2, 0.25) is 0 Å². The second-order valence-electron chi connectivity index (χ2n) is 4.74. The van der Waals surface area contributed by atoms with E-state index < -0.39 is 29.8 Å². The van der Waals surface area contributed by atoms with E-state index in [4.69, 9.17) is 14.2 Å². The summed E-state index contributed by atoms with van der Waals surface area (Å²) in [5.74, 6) is -2.25. The molecule has 0 aromatic rings. The molecule has 0 saturated carbocycles. The molecule has 0 aliphatic carbocycles. The summed E-state index contributed by atoms with van der Waals surface area (Å²) in [5.41, 5.74) is -0.661. The second kappa shape index (κ2) is 5.58. The monoisotopic (exact) mass is 274 g/mol. The molecule has 0 radical (unpaired) electrons. The van der Waals surface area contributed by atoms with Gasteiger partial charge in [-0.25, -0.2) is 9.59 Å². The molecule has 0 spiro atoms. The van der Waals surface area contributed by atoms with E-state index >= 15 is 0 Å². The molecule has 1 aliphatic rings. The van der Waals surface area contributed by atoms with Crippen LogP contribution in [0.15, 0.2) is 12.7 Å². The van der Waals surface area contributed by atoms with E-state index in [1.54, 1.807) is 13.8 Å². The molecule has 0 N–H and O–H groups in total. The highest BCUT2D eigenvalue weighted by atomic mass is 17.3. The normalized spacial score (nSPS) is 26.0. The zero-order valence-corrected chi connectivity index (χ0v) is 11.4. The Morgan fingerprint density at radius 3 is 2.53 bits per heavy atom. The molecular weight excluding hydrogens is 256 g/mol. The minimum atomic E-state index is -1.53. The fourth-order valence-corrected chi connectivity index (χ4v) is 1.05. The maximum atomic E-state index is 11.6. The average molecular weight is 274 g/mol. The Balaban J connectivity index is 2.53. The third-order valence-electron chi connectivity index (χ3n) is 2.62. The van der Waals surface area contributed by atoms with Gasteiger partial charge in [-0.05, 0) is 20.3 Å². The molecule has 0 amide bonds. The molecule has 7 heteroatoms. The first-order chi connectivity index (χ1) is 8.72. The van der Waals surface area contributed by atoms with E-state index in [0.717, 1.165) is 6.08 Å². The predicted octanol–water partition coefficient (Wildman–Crippen LogP) is 2.06. The molecule has 1 aliphatic heterocycles. The molecule has 1 rings (SSSR count). The van der Waals surface area contributed by atoms with Crippen molar-refractivity contribution in [3.05, 3.63) is 12.7 Å². The van der Waals surface area contributed by atoms with Crippen LogP contribution in [0.1, 0.15) is 34.1 Å². The van der Waals surface area contributed by atoms with Gasteiger partial charge >= 0.3 is 24.2 Å². The first kappa shape index (κ1) is 15.5. The van der Waals surface area contributed by atoms with Crippen LogP contribution in [-0.2, 0) is 28.8 Å². The van der Waals surface area contributed by atoms with Crippen LogP contribution in [0, 0.1) is 0 Å². The summed E-state index contributed by atoms with van der Waals surface area (Å²) in [6.45, 7) is 9.97. The van der Waals surface area contributed by atoms with Gasteiger partial charge in [-0.2, -0.15) is 9.78 Å². The molecule has 1 heterocycles. The van der Waals surface area contributed by atoms with Crippen LogP contribution < -0.4 is 0 Å². The molecule has 1 fully saturated rings. The summed E-state index contributed by atoms with van der Waals surface area (Å²) in [6, 6.07) is 0. The molecule has 0 aromatic carbocycles. The van der Waals surface area contributed by atoms with Gasteiger partial charge in [0.2, 0.25) is 0 Å².